The number of aliphatic hydroxyl groups is 1. The normalized spacial score (nSPS) is 19.9. The lowest BCUT2D eigenvalue weighted by Crippen LogP contribution is -2.47. The maximum absolute atomic E-state index is 14.4. The Bertz CT molecular complexity index is 881. The third-order valence-corrected chi connectivity index (χ3v) is 5.80. The highest BCUT2D eigenvalue weighted by atomic mass is 19.1. The van der Waals surface area contributed by atoms with Crippen LogP contribution in [0.3, 0.4) is 0 Å². The van der Waals surface area contributed by atoms with E-state index in [4.69, 9.17) is 23.7 Å². The Labute approximate surface area is 216 Å². The molecular weight excluding hydrogens is 489 g/mol. The summed E-state index contributed by atoms with van der Waals surface area (Å²) in [5.41, 5.74) is 0.629. The van der Waals surface area contributed by atoms with Gasteiger partial charge in [0.25, 0.3) is 0 Å². The quantitative estimate of drug-likeness (QED) is 0.252. The number of aliphatic hydroxyl groups excluding tert-OH is 1. The van der Waals surface area contributed by atoms with Gasteiger partial charge in [0.05, 0.1) is 19.8 Å². The first-order valence-electron chi connectivity index (χ1n) is 12.6. The van der Waals surface area contributed by atoms with Crippen molar-refractivity contribution < 1.29 is 42.8 Å². The number of benzene rings is 1. The number of morpholine rings is 1. The fourth-order valence-corrected chi connectivity index (χ4v) is 3.82. The summed E-state index contributed by atoms with van der Waals surface area (Å²) in [6.45, 7) is 7.32. The highest BCUT2D eigenvalue weighted by Crippen LogP contribution is 2.23. The van der Waals surface area contributed by atoms with Gasteiger partial charge in [-0.2, -0.15) is 0 Å². The van der Waals surface area contributed by atoms with Gasteiger partial charge in [0.1, 0.15) is 25.4 Å². The molecule has 2 saturated heterocycles. The van der Waals surface area contributed by atoms with Crippen LogP contribution in [-0.2, 0) is 30.2 Å². The van der Waals surface area contributed by atoms with Gasteiger partial charge in [-0.1, -0.05) is 6.07 Å². The number of ether oxygens (including phenoxy) is 5. The number of halogens is 1. The Morgan fingerprint density at radius 2 is 2.05 bits per heavy atom. The van der Waals surface area contributed by atoms with E-state index in [0.717, 1.165) is 0 Å². The molecule has 2 unspecified atom stereocenters. The first-order valence-corrected chi connectivity index (χ1v) is 12.6. The summed E-state index contributed by atoms with van der Waals surface area (Å²) < 4.78 is 41.3. The second-order valence-corrected chi connectivity index (χ2v) is 9.40. The molecule has 1 aromatic carbocycles. The molecule has 2 heterocycles. The van der Waals surface area contributed by atoms with Gasteiger partial charge in [0.15, 0.2) is 17.4 Å². The molecule has 3 rings (SSSR count). The van der Waals surface area contributed by atoms with Gasteiger partial charge in [0, 0.05) is 39.1 Å². The summed E-state index contributed by atoms with van der Waals surface area (Å²) in [6.07, 6.45) is -0.727. The monoisotopic (exact) mass is 527 g/mol. The third kappa shape index (κ3) is 10.4. The summed E-state index contributed by atoms with van der Waals surface area (Å²) in [4.78, 5) is 25.7. The zero-order valence-corrected chi connectivity index (χ0v) is 21.5. The van der Waals surface area contributed by atoms with Crippen LogP contribution in [0.2, 0.25) is 0 Å². The van der Waals surface area contributed by atoms with E-state index in [1.807, 2.05) is 0 Å². The Morgan fingerprint density at radius 3 is 2.76 bits per heavy atom. The summed E-state index contributed by atoms with van der Waals surface area (Å²) in [5, 5.41) is 15.9. The van der Waals surface area contributed by atoms with Gasteiger partial charge >= 0.3 is 12.0 Å². The van der Waals surface area contributed by atoms with Crippen LogP contribution in [0.15, 0.2) is 18.2 Å². The van der Waals surface area contributed by atoms with Gasteiger partial charge in [-0.3, -0.25) is 4.79 Å². The van der Waals surface area contributed by atoms with Crippen LogP contribution in [0.4, 0.5) is 9.18 Å². The molecule has 2 fully saturated rings. The molecule has 2 atom stereocenters. The molecule has 0 radical (unpaired) electrons. The van der Waals surface area contributed by atoms with Gasteiger partial charge in [-0.15, -0.1) is 0 Å². The van der Waals surface area contributed by atoms with E-state index in [1.54, 1.807) is 24.8 Å². The zero-order chi connectivity index (χ0) is 26.7. The minimum Gasteiger partial charge on any atom is -0.488 e. The maximum atomic E-state index is 14.4. The van der Waals surface area contributed by atoms with Crippen molar-refractivity contribution in [3.8, 4) is 5.75 Å². The van der Waals surface area contributed by atoms with Crippen molar-refractivity contribution in [2.24, 2.45) is 0 Å². The van der Waals surface area contributed by atoms with Crippen molar-refractivity contribution in [2.75, 3.05) is 65.8 Å². The fraction of sp³-hybridized carbons (Fsp3) is 0.680. The van der Waals surface area contributed by atoms with Crippen LogP contribution in [-0.4, -0.2) is 106 Å². The van der Waals surface area contributed by atoms with E-state index in [1.165, 1.54) is 12.1 Å². The molecule has 1 aromatic rings. The predicted octanol–water partition coefficient (Wildman–Crippen LogP) is 0.824. The van der Waals surface area contributed by atoms with Crippen LogP contribution in [0, 0.1) is 5.82 Å². The summed E-state index contributed by atoms with van der Waals surface area (Å²) in [7, 11) is 0. The Balaban J connectivity index is 1.26. The summed E-state index contributed by atoms with van der Waals surface area (Å²) >= 11 is 0. The van der Waals surface area contributed by atoms with Crippen LogP contribution >= 0.6 is 0 Å². The molecule has 0 spiro atoms. The average Bonchev–Trinajstić information content (AvgIpc) is 3.24. The minimum absolute atomic E-state index is 0.0177. The van der Waals surface area contributed by atoms with E-state index in [9.17, 15) is 19.1 Å². The highest BCUT2D eigenvalue weighted by Gasteiger charge is 2.33. The molecular formula is C25H38FN3O8. The third-order valence-electron chi connectivity index (χ3n) is 5.80. The number of hydrogen-bond donors (Lipinski definition) is 3. The lowest BCUT2D eigenvalue weighted by Gasteiger charge is -2.27. The molecule has 0 saturated carbocycles. The number of esters is 1. The first-order chi connectivity index (χ1) is 17.7. The number of carbonyl (C=O) groups is 2. The average molecular weight is 528 g/mol. The smallest absolute Gasteiger partial charge is 0.317 e. The van der Waals surface area contributed by atoms with Crippen molar-refractivity contribution >= 4 is 12.0 Å². The number of aryl methyl sites for hydroxylation is 1. The molecule has 12 heteroatoms. The van der Waals surface area contributed by atoms with Gasteiger partial charge in [0.2, 0.25) is 0 Å². The van der Waals surface area contributed by atoms with Crippen molar-refractivity contribution in [1.82, 2.24) is 15.5 Å². The Kier molecular flexibility index (Phi) is 11.3. The van der Waals surface area contributed by atoms with Crippen LogP contribution in [0.1, 0.15) is 25.8 Å². The number of rotatable bonds is 13. The maximum Gasteiger partial charge on any atom is 0.317 e. The van der Waals surface area contributed by atoms with E-state index in [2.05, 4.69) is 10.6 Å². The number of urea groups is 1. The van der Waals surface area contributed by atoms with E-state index >= 15 is 0 Å². The molecule has 37 heavy (non-hydrogen) atoms. The van der Waals surface area contributed by atoms with Crippen LogP contribution in [0.5, 0.6) is 5.75 Å². The minimum atomic E-state index is -0.858. The number of amides is 2. The standard InChI is InChI=1S/C25H38FN3O8/c1-25(2)36-17-20(37-25)16-35-23(31)6-4-18-3-5-22(21(26)13-18)34-15-19(30)14-27-7-8-28-24(32)29-9-11-33-12-10-29/h3,5,13,19-20,27,30H,4,6-12,14-17H2,1-2H3,(H,28,32). The van der Waals surface area contributed by atoms with Crippen molar-refractivity contribution in [1.29, 1.82) is 0 Å². The van der Waals surface area contributed by atoms with E-state index < -0.39 is 23.7 Å². The number of carbonyl (C=O) groups excluding carboxylic acids is 2. The SMILES string of the molecule is CC1(C)OCC(COC(=O)CCc2ccc(OCC(O)CNCCNC(=O)N3CCOCC3)c(F)c2)O1. The topological polar surface area (TPSA) is 128 Å². The van der Waals surface area contributed by atoms with E-state index in [0.29, 0.717) is 58.0 Å². The van der Waals surface area contributed by atoms with Crippen molar-refractivity contribution in [2.45, 2.75) is 44.7 Å². The fourth-order valence-electron chi connectivity index (χ4n) is 3.82. The number of nitrogens with one attached hydrogen (secondary N) is 2. The lowest BCUT2D eigenvalue weighted by atomic mass is 10.1. The Hall–Kier alpha value is -2.51. The van der Waals surface area contributed by atoms with Gasteiger partial charge in [-0.05, 0) is 38.0 Å². The van der Waals surface area contributed by atoms with E-state index in [-0.39, 0.29) is 44.1 Å². The van der Waals surface area contributed by atoms with Gasteiger partial charge in [-0.25, -0.2) is 9.18 Å². The second-order valence-electron chi connectivity index (χ2n) is 9.40. The second kappa shape index (κ2) is 14.4. The molecule has 2 aliphatic rings. The van der Waals surface area contributed by atoms with Crippen molar-refractivity contribution in [3.63, 3.8) is 0 Å². The summed E-state index contributed by atoms with van der Waals surface area (Å²) in [6, 6.07) is 4.32. The molecule has 0 aromatic heterocycles. The predicted molar refractivity (Wildman–Crippen MR) is 131 cm³/mol. The number of nitrogens with zero attached hydrogens (tertiary/aromatic N) is 1. The van der Waals surface area contributed by atoms with Crippen molar-refractivity contribution in [3.05, 3.63) is 29.6 Å². The largest absolute Gasteiger partial charge is 0.488 e. The molecule has 0 bridgehead atoms. The number of hydrogen-bond acceptors (Lipinski definition) is 9. The van der Waals surface area contributed by atoms with Gasteiger partial charge < -0.3 is 44.3 Å². The summed E-state index contributed by atoms with van der Waals surface area (Å²) in [5.74, 6) is -1.63. The molecule has 11 nitrogen and oxygen atoms in total. The highest BCUT2D eigenvalue weighted by molar-refractivity contribution is 5.74. The van der Waals surface area contributed by atoms with Crippen LogP contribution in [0.25, 0.3) is 0 Å². The molecule has 2 aliphatic heterocycles. The van der Waals surface area contributed by atoms with Crippen LogP contribution < -0.4 is 15.4 Å². The molecule has 3 N–H and O–H groups in total. The molecule has 2 amide bonds. The zero-order valence-electron chi connectivity index (χ0n) is 21.5. The lowest BCUT2D eigenvalue weighted by molar-refractivity contribution is -0.158. The molecule has 0 aliphatic carbocycles. The molecule has 208 valence electrons. The Morgan fingerprint density at radius 1 is 1.27 bits per heavy atom. The first kappa shape index (κ1) is 29.1.